The van der Waals surface area contributed by atoms with E-state index in [9.17, 15) is 4.79 Å². The first-order chi connectivity index (χ1) is 9.61. The second-order valence-electron chi connectivity index (χ2n) is 5.93. The topological polar surface area (TPSA) is 97.3 Å². The number of hydrogen-bond donors (Lipinski definition) is 2. The Labute approximate surface area is 117 Å². The largest absolute Gasteiger partial charge is 0.408 e. The van der Waals surface area contributed by atoms with Crippen molar-refractivity contribution in [2.45, 2.75) is 38.1 Å². The van der Waals surface area contributed by atoms with E-state index in [4.69, 9.17) is 10.2 Å². The Hall–Kier alpha value is -1.47. The van der Waals surface area contributed by atoms with Crippen molar-refractivity contribution >= 4 is 11.9 Å². The number of amides is 1. The molecule has 7 heteroatoms. The Bertz CT molecular complexity index is 485. The van der Waals surface area contributed by atoms with Crippen molar-refractivity contribution in [1.82, 2.24) is 15.1 Å². The zero-order chi connectivity index (χ0) is 14.1. The van der Waals surface area contributed by atoms with Crippen molar-refractivity contribution in [1.29, 1.82) is 0 Å². The van der Waals surface area contributed by atoms with Crippen LogP contribution in [0.4, 0.5) is 6.01 Å². The summed E-state index contributed by atoms with van der Waals surface area (Å²) in [6, 6.07) is 0.449. The SMILES string of the molecule is CC1CN(CC(=O)Nc2nnc(C3CC3)o2)CCC1N. The van der Waals surface area contributed by atoms with Crippen molar-refractivity contribution in [3.8, 4) is 0 Å². The van der Waals surface area contributed by atoms with E-state index in [0.717, 1.165) is 32.4 Å². The lowest BCUT2D eigenvalue weighted by Crippen LogP contribution is -2.48. The molecule has 2 fully saturated rings. The van der Waals surface area contributed by atoms with Crippen LogP contribution >= 0.6 is 0 Å². The first-order valence-electron chi connectivity index (χ1n) is 7.23. The number of likely N-dealkylation sites (tertiary alicyclic amines) is 1. The lowest BCUT2D eigenvalue weighted by molar-refractivity contribution is -0.117. The van der Waals surface area contributed by atoms with Gasteiger partial charge in [0, 0.05) is 25.0 Å². The lowest BCUT2D eigenvalue weighted by Gasteiger charge is -2.34. The van der Waals surface area contributed by atoms with Crippen molar-refractivity contribution in [2.24, 2.45) is 11.7 Å². The number of rotatable bonds is 4. The maximum atomic E-state index is 12.0. The molecule has 20 heavy (non-hydrogen) atoms. The van der Waals surface area contributed by atoms with Gasteiger partial charge in [0.2, 0.25) is 11.8 Å². The van der Waals surface area contributed by atoms with Crippen LogP contribution in [0.5, 0.6) is 0 Å². The van der Waals surface area contributed by atoms with Gasteiger partial charge in [0.05, 0.1) is 6.54 Å². The summed E-state index contributed by atoms with van der Waals surface area (Å²) in [4.78, 5) is 14.1. The van der Waals surface area contributed by atoms with E-state index in [1.54, 1.807) is 0 Å². The van der Waals surface area contributed by atoms with Gasteiger partial charge >= 0.3 is 6.01 Å². The minimum absolute atomic E-state index is 0.112. The Kier molecular flexibility index (Phi) is 3.71. The molecule has 1 saturated carbocycles. The van der Waals surface area contributed by atoms with Crippen LogP contribution in [-0.4, -0.2) is 46.7 Å². The Morgan fingerprint density at radius 3 is 2.95 bits per heavy atom. The maximum absolute atomic E-state index is 12.0. The number of carbonyl (C=O) groups is 1. The van der Waals surface area contributed by atoms with Crippen LogP contribution in [0.1, 0.15) is 38.0 Å². The highest BCUT2D eigenvalue weighted by Gasteiger charge is 2.30. The molecule has 2 unspecified atom stereocenters. The van der Waals surface area contributed by atoms with Gasteiger partial charge in [0.25, 0.3) is 0 Å². The monoisotopic (exact) mass is 279 g/mol. The van der Waals surface area contributed by atoms with E-state index in [0.29, 0.717) is 24.3 Å². The van der Waals surface area contributed by atoms with Crippen molar-refractivity contribution in [2.75, 3.05) is 25.0 Å². The predicted octanol–water partition coefficient (Wildman–Crippen LogP) is 0.555. The Morgan fingerprint density at radius 2 is 2.25 bits per heavy atom. The molecular weight excluding hydrogens is 258 g/mol. The molecule has 2 aliphatic rings. The van der Waals surface area contributed by atoms with E-state index < -0.39 is 0 Å². The number of anilines is 1. The molecule has 0 radical (unpaired) electrons. The van der Waals surface area contributed by atoms with Crippen LogP contribution in [0.3, 0.4) is 0 Å². The summed E-state index contributed by atoms with van der Waals surface area (Å²) < 4.78 is 5.41. The third kappa shape index (κ3) is 3.16. The van der Waals surface area contributed by atoms with E-state index >= 15 is 0 Å². The second kappa shape index (κ2) is 5.49. The van der Waals surface area contributed by atoms with Crippen LogP contribution in [0.2, 0.25) is 0 Å². The molecule has 110 valence electrons. The van der Waals surface area contributed by atoms with E-state index in [-0.39, 0.29) is 18.0 Å². The van der Waals surface area contributed by atoms with E-state index in [1.165, 1.54) is 0 Å². The molecule has 3 rings (SSSR count). The first-order valence-corrected chi connectivity index (χ1v) is 7.23. The fourth-order valence-corrected chi connectivity index (χ4v) is 2.54. The summed E-state index contributed by atoms with van der Waals surface area (Å²) >= 11 is 0. The van der Waals surface area contributed by atoms with Crippen molar-refractivity contribution in [3.05, 3.63) is 5.89 Å². The molecule has 1 saturated heterocycles. The molecule has 1 aliphatic carbocycles. The normalized spacial score (nSPS) is 27.5. The summed E-state index contributed by atoms with van der Waals surface area (Å²) in [5, 5.41) is 10.5. The van der Waals surface area contributed by atoms with Crippen LogP contribution in [0.15, 0.2) is 4.42 Å². The summed E-state index contributed by atoms with van der Waals surface area (Å²) in [7, 11) is 0. The zero-order valence-electron chi connectivity index (χ0n) is 11.7. The fraction of sp³-hybridized carbons (Fsp3) is 0.769. The number of nitrogens with two attached hydrogens (primary N) is 1. The molecule has 1 aromatic rings. The van der Waals surface area contributed by atoms with Crippen LogP contribution in [0, 0.1) is 5.92 Å². The van der Waals surface area contributed by atoms with Gasteiger partial charge in [-0.15, -0.1) is 5.10 Å². The van der Waals surface area contributed by atoms with Crippen LogP contribution in [-0.2, 0) is 4.79 Å². The minimum atomic E-state index is -0.112. The van der Waals surface area contributed by atoms with Crippen molar-refractivity contribution in [3.63, 3.8) is 0 Å². The number of carbonyl (C=O) groups excluding carboxylic acids is 1. The molecule has 2 heterocycles. The predicted molar refractivity (Wildman–Crippen MR) is 73.1 cm³/mol. The van der Waals surface area contributed by atoms with Gasteiger partial charge in [-0.05, 0) is 25.2 Å². The van der Waals surface area contributed by atoms with Gasteiger partial charge in [-0.2, -0.15) is 0 Å². The quantitative estimate of drug-likeness (QED) is 0.835. The van der Waals surface area contributed by atoms with E-state index in [1.807, 2.05) is 0 Å². The maximum Gasteiger partial charge on any atom is 0.322 e. The van der Waals surface area contributed by atoms with Gasteiger partial charge in [0.15, 0.2) is 0 Å². The Balaban J connectivity index is 1.48. The molecule has 0 aromatic carbocycles. The van der Waals surface area contributed by atoms with Gasteiger partial charge in [0.1, 0.15) is 0 Å². The lowest BCUT2D eigenvalue weighted by atomic mass is 9.95. The van der Waals surface area contributed by atoms with E-state index in [2.05, 4.69) is 27.3 Å². The molecular formula is C13H21N5O2. The molecule has 0 bridgehead atoms. The molecule has 7 nitrogen and oxygen atoms in total. The Morgan fingerprint density at radius 1 is 1.45 bits per heavy atom. The first kappa shape index (κ1) is 13.5. The summed E-state index contributed by atoms with van der Waals surface area (Å²) in [5.74, 6) is 1.34. The molecule has 3 N–H and O–H groups in total. The number of nitrogens with one attached hydrogen (secondary N) is 1. The van der Waals surface area contributed by atoms with Crippen LogP contribution < -0.4 is 11.1 Å². The number of nitrogens with zero attached hydrogens (tertiary/aromatic N) is 3. The fourth-order valence-electron chi connectivity index (χ4n) is 2.54. The van der Waals surface area contributed by atoms with Crippen molar-refractivity contribution < 1.29 is 9.21 Å². The zero-order valence-corrected chi connectivity index (χ0v) is 11.7. The molecule has 1 aliphatic heterocycles. The van der Waals surface area contributed by atoms with Gasteiger partial charge < -0.3 is 10.2 Å². The standard InChI is InChI=1S/C13H21N5O2/c1-8-6-18(5-4-10(8)14)7-11(19)15-13-17-16-12(20-13)9-2-3-9/h8-10H,2-7,14H2,1H3,(H,15,17,19). The molecule has 2 atom stereocenters. The smallest absolute Gasteiger partial charge is 0.322 e. The van der Waals surface area contributed by atoms with Gasteiger partial charge in [-0.25, -0.2) is 0 Å². The highest BCUT2D eigenvalue weighted by atomic mass is 16.4. The molecule has 1 amide bonds. The third-order valence-electron chi connectivity index (χ3n) is 4.04. The van der Waals surface area contributed by atoms with Crippen LogP contribution in [0.25, 0.3) is 0 Å². The number of piperidine rings is 1. The highest BCUT2D eigenvalue weighted by Crippen LogP contribution is 2.39. The second-order valence-corrected chi connectivity index (χ2v) is 5.93. The molecule has 1 aromatic heterocycles. The highest BCUT2D eigenvalue weighted by molar-refractivity contribution is 5.90. The number of hydrogen-bond acceptors (Lipinski definition) is 6. The summed E-state index contributed by atoms with van der Waals surface area (Å²) in [6.07, 6.45) is 3.13. The average Bonchev–Trinajstić information content (AvgIpc) is 3.15. The minimum Gasteiger partial charge on any atom is -0.408 e. The van der Waals surface area contributed by atoms with Gasteiger partial charge in [-0.3, -0.25) is 15.0 Å². The number of aromatic nitrogens is 2. The summed E-state index contributed by atoms with van der Waals surface area (Å²) in [6.45, 7) is 4.18. The third-order valence-corrected chi connectivity index (χ3v) is 4.04. The molecule has 0 spiro atoms. The summed E-state index contributed by atoms with van der Waals surface area (Å²) in [5.41, 5.74) is 5.97. The van der Waals surface area contributed by atoms with Gasteiger partial charge in [-0.1, -0.05) is 12.0 Å². The average molecular weight is 279 g/mol.